The number of carbonyl (C=O) groups excluding carboxylic acids is 1. The zero-order chi connectivity index (χ0) is 10.7. The number of nitrogens with two attached hydrogens (primary N) is 1. The third kappa shape index (κ3) is 1.93. The highest BCUT2D eigenvalue weighted by atomic mass is 16.5. The Morgan fingerprint density at radius 3 is 3.07 bits per heavy atom. The fraction of sp³-hybridized carbons (Fsp3) is 0.182. The van der Waals surface area contributed by atoms with Crippen molar-refractivity contribution in [3.8, 4) is 0 Å². The van der Waals surface area contributed by atoms with Gasteiger partial charge in [-0.05, 0) is 12.1 Å². The molecule has 0 saturated heterocycles. The maximum Gasteiger partial charge on any atom is 0.293 e. The van der Waals surface area contributed by atoms with Gasteiger partial charge in [-0.2, -0.15) is 0 Å². The SMILES string of the molecule is Nc1cccc2cc(CCOC=O)[nH]c12. The van der Waals surface area contributed by atoms with Gasteiger partial charge in [0.05, 0.1) is 17.8 Å². The Labute approximate surface area is 87.0 Å². The number of para-hydroxylation sites is 1. The number of fused-ring (bicyclic) bond motifs is 1. The van der Waals surface area contributed by atoms with Crippen molar-refractivity contribution in [3.05, 3.63) is 30.0 Å². The van der Waals surface area contributed by atoms with Crippen molar-refractivity contribution in [1.29, 1.82) is 0 Å². The summed E-state index contributed by atoms with van der Waals surface area (Å²) in [7, 11) is 0. The van der Waals surface area contributed by atoms with Crippen LogP contribution in [0.15, 0.2) is 24.3 Å². The summed E-state index contributed by atoms with van der Waals surface area (Å²) in [6.07, 6.45) is 0.673. The fourth-order valence-corrected chi connectivity index (χ4v) is 1.59. The molecule has 1 heterocycles. The van der Waals surface area contributed by atoms with Crippen LogP contribution < -0.4 is 5.73 Å². The first-order valence-electron chi connectivity index (χ1n) is 4.72. The molecule has 15 heavy (non-hydrogen) atoms. The quantitative estimate of drug-likeness (QED) is 0.450. The number of ether oxygens (including phenoxy) is 1. The van der Waals surface area contributed by atoms with E-state index >= 15 is 0 Å². The summed E-state index contributed by atoms with van der Waals surface area (Å²) in [6.45, 7) is 0.841. The second-order valence-electron chi connectivity index (χ2n) is 3.32. The van der Waals surface area contributed by atoms with Crippen molar-refractivity contribution in [2.24, 2.45) is 0 Å². The fourth-order valence-electron chi connectivity index (χ4n) is 1.59. The zero-order valence-electron chi connectivity index (χ0n) is 8.19. The van der Waals surface area contributed by atoms with E-state index in [-0.39, 0.29) is 0 Å². The van der Waals surface area contributed by atoms with Crippen molar-refractivity contribution >= 4 is 23.1 Å². The molecule has 0 aliphatic carbocycles. The standard InChI is InChI=1S/C11H12N2O2/c12-10-3-1-2-8-6-9(13-11(8)10)4-5-15-7-14/h1-3,6-7,13H,4-5,12H2. The Hall–Kier alpha value is -1.97. The number of aromatic amines is 1. The molecule has 0 aliphatic rings. The lowest BCUT2D eigenvalue weighted by Gasteiger charge is -1.96. The van der Waals surface area contributed by atoms with Gasteiger partial charge in [-0.1, -0.05) is 12.1 Å². The smallest absolute Gasteiger partial charge is 0.293 e. The van der Waals surface area contributed by atoms with Crippen LogP contribution >= 0.6 is 0 Å². The molecule has 4 nitrogen and oxygen atoms in total. The van der Waals surface area contributed by atoms with E-state index in [2.05, 4.69) is 9.72 Å². The Morgan fingerprint density at radius 1 is 1.47 bits per heavy atom. The number of nitrogens with one attached hydrogen (secondary N) is 1. The van der Waals surface area contributed by atoms with E-state index in [1.165, 1.54) is 0 Å². The van der Waals surface area contributed by atoms with Gasteiger partial charge in [0.15, 0.2) is 0 Å². The lowest BCUT2D eigenvalue weighted by atomic mass is 10.2. The topological polar surface area (TPSA) is 68.1 Å². The first-order valence-corrected chi connectivity index (χ1v) is 4.72. The number of rotatable bonds is 4. The van der Waals surface area contributed by atoms with Crippen LogP contribution in [0, 0.1) is 0 Å². The summed E-state index contributed by atoms with van der Waals surface area (Å²) in [6, 6.07) is 7.77. The minimum absolute atomic E-state index is 0.385. The molecule has 0 spiro atoms. The number of aromatic nitrogens is 1. The van der Waals surface area contributed by atoms with Crippen molar-refractivity contribution in [1.82, 2.24) is 4.98 Å². The maximum absolute atomic E-state index is 9.97. The summed E-state index contributed by atoms with van der Waals surface area (Å²) >= 11 is 0. The van der Waals surface area contributed by atoms with Gasteiger partial charge in [-0.25, -0.2) is 0 Å². The van der Waals surface area contributed by atoms with E-state index in [9.17, 15) is 4.79 Å². The number of carbonyl (C=O) groups is 1. The highest BCUT2D eigenvalue weighted by molar-refractivity contribution is 5.90. The molecule has 0 amide bonds. The van der Waals surface area contributed by atoms with E-state index in [0.717, 1.165) is 22.3 Å². The van der Waals surface area contributed by atoms with Gasteiger partial charge in [-0.3, -0.25) is 4.79 Å². The summed E-state index contributed by atoms with van der Waals surface area (Å²) < 4.78 is 4.63. The van der Waals surface area contributed by atoms with Gasteiger partial charge in [0.2, 0.25) is 0 Å². The van der Waals surface area contributed by atoms with Crippen LogP contribution in [-0.4, -0.2) is 18.1 Å². The Balaban J connectivity index is 2.23. The summed E-state index contributed by atoms with van der Waals surface area (Å²) in [4.78, 5) is 13.2. The Morgan fingerprint density at radius 2 is 2.33 bits per heavy atom. The maximum atomic E-state index is 9.97. The molecule has 0 radical (unpaired) electrons. The summed E-state index contributed by atoms with van der Waals surface area (Å²) in [5.74, 6) is 0. The van der Waals surface area contributed by atoms with Crippen LogP contribution in [0.1, 0.15) is 5.69 Å². The highest BCUT2D eigenvalue weighted by Crippen LogP contribution is 2.21. The number of anilines is 1. The average Bonchev–Trinajstić information content (AvgIpc) is 2.63. The monoisotopic (exact) mass is 204 g/mol. The van der Waals surface area contributed by atoms with Crippen molar-refractivity contribution in [2.75, 3.05) is 12.3 Å². The first kappa shape index (κ1) is 9.58. The molecular weight excluding hydrogens is 192 g/mol. The number of hydrogen-bond donors (Lipinski definition) is 2. The predicted molar refractivity (Wildman–Crippen MR) is 58.4 cm³/mol. The van der Waals surface area contributed by atoms with Gasteiger partial charge < -0.3 is 15.5 Å². The Bertz CT molecular complexity index is 476. The van der Waals surface area contributed by atoms with Gasteiger partial charge in [-0.15, -0.1) is 0 Å². The molecule has 2 aromatic rings. The van der Waals surface area contributed by atoms with Gasteiger partial charge in [0.1, 0.15) is 0 Å². The van der Waals surface area contributed by atoms with E-state index in [1.54, 1.807) is 0 Å². The molecule has 0 saturated carbocycles. The molecule has 0 aliphatic heterocycles. The number of H-pyrrole nitrogens is 1. The molecular formula is C11H12N2O2. The molecule has 4 heteroatoms. The van der Waals surface area contributed by atoms with E-state index in [4.69, 9.17) is 5.73 Å². The van der Waals surface area contributed by atoms with Gasteiger partial charge >= 0.3 is 0 Å². The molecule has 1 aromatic carbocycles. The van der Waals surface area contributed by atoms with Gasteiger partial charge in [0.25, 0.3) is 6.47 Å². The van der Waals surface area contributed by atoms with Crippen LogP contribution in [0.5, 0.6) is 0 Å². The van der Waals surface area contributed by atoms with Crippen molar-refractivity contribution < 1.29 is 9.53 Å². The second kappa shape index (κ2) is 4.04. The number of hydrogen-bond acceptors (Lipinski definition) is 3. The van der Waals surface area contributed by atoms with Gasteiger partial charge in [0, 0.05) is 17.5 Å². The van der Waals surface area contributed by atoms with Crippen molar-refractivity contribution in [2.45, 2.75) is 6.42 Å². The van der Waals surface area contributed by atoms with Crippen LogP contribution in [0.3, 0.4) is 0 Å². The van der Waals surface area contributed by atoms with Crippen LogP contribution in [0.25, 0.3) is 10.9 Å². The Kier molecular flexibility index (Phi) is 2.58. The first-order chi connectivity index (χ1) is 7.31. The minimum Gasteiger partial charge on any atom is -0.467 e. The van der Waals surface area contributed by atoms with Crippen molar-refractivity contribution in [3.63, 3.8) is 0 Å². The molecule has 1 aromatic heterocycles. The normalized spacial score (nSPS) is 10.4. The lowest BCUT2D eigenvalue weighted by Crippen LogP contribution is -1.96. The van der Waals surface area contributed by atoms with Crippen LogP contribution in [0.4, 0.5) is 5.69 Å². The second-order valence-corrected chi connectivity index (χ2v) is 3.32. The highest BCUT2D eigenvalue weighted by Gasteiger charge is 2.02. The molecule has 0 fully saturated rings. The molecule has 2 rings (SSSR count). The predicted octanol–water partition coefficient (Wildman–Crippen LogP) is 1.47. The van der Waals surface area contributed by atoms with Crippen LogP contribution in [0.2, 0.25) is 0 Å². The average molecular weight is 204 g/mol. The largest absolute Gasteiger partial charge is 0.467 e. The molecule has 0 unspecified atom stereocenters. The van der Waals surface area contributed by atoms with E-state index in [1.807, 2.05) is 24.3 Å². The molecule has 78 valence electrons. The van der Waals surface area contributed by atoms with E-state index in [0.29, 0.717) is 19.5 Å². The number of benzene rings is 1. The molecule has 0 bridgehead atoms. The lowest BCUT2D eigenvalue weighted by molar-refractivity contribution is -0.128. The summed E-state index contributed by atoms with van der Waals surface area (Å²) in [5, 5.41) is 1.08. The van der Waals surface area contributed by atoms with E-state index < -0.39 is 0 Å². The molecule has 0 atom stereocenters. The number of nitrogen functional groups attached to an aromatic ring is 1. The molecule has 3 N–H and O–H groups in total. The minimum atomic E-state index is 0.385. The zero-order valence-corrected chi connectivity index (χ0v) is 8.19. The van der Waals surface area contributed by atoms with Crippen LogP contribution in [-0.2, 0) is 16.0 Å². The third-order valence-corrected chi connectivity index (χ3v) is 2.30. The third-order valence-electron chi connectivity index (χ3n) is 2.30. The summed E-state index contributed by atoms with van der Waals surface area (Å²) in [5.41, 5.74) is 8.50.